The monoisotopic (exact) mass is 245 g/mol. The maximum atomic E-state index is 9.80. The van der Waals surface area contributed by atoms with Crippen molar-refractivity contribution in [2.45, 2.75) is 38.7 Å². The largest absolute Gasteiger partial charge is 0.449 e. The van der Waals surface area contributed by atoms with Crippen LogP contribution in [0.1, 0.15) is 43.0 Å². The van der Waals surface area contributed by atoms with E-state index in [1.807, 2.05) is 25.1 Å². The van der Waals surface area contributed by atoms with Crippen molar-refractivity contribution in [3.05, 3.63) is 53.7 Å². The summed E-state index contributed by atoms with van der Waals surface area (Å²) in [5, 5.41) is 9.80. The van der Waals surface area contributed by atoms with E-state index in [9.17, 15) is 5.11 Å². The Morgan fingerprint density at radius 1 is 1.22 bits per heavy atom. The first-order valence-corrected chi connectivity index (χ1v) is 6.46. The Balaban J connectivity index is 1.91. The van der Waals surface area contributed by atoms with E-state index in [4.69, 9.17) is 4.42 Å². The van der Waals surface area contributed by atoms with Crippen LogP contribution >= 0.6 is 0 Å². The molecule has 1 atom stereocenters. The first-order valence-electron chi connectivity index (χ1n) is 6.46. The number of hydrogen-bond donors (Lipinski definition) is 1. The van der Waals surface area contributed by atoms with Gasteiger partial charge < -0.3 is 9.52 Å². The van der Waals surface area contributed by atoms with Gasteiger partial charge in [-0.3, -0.25) is 0 Å². The first-order chi connectivity index (χ1) is 8.79. The molecule has 2 aromatic rings. The van der Waals surface area contributed by atoms with Crippen molar-refractivity contribution < 1.29 is 9.52 Å². The van der Waals surface area contributed by atoms with Crippen LogP contribution in [0.2, 0.25) is 0 Å². The molecule has 0 saturated heterocycles. The molecule has 1 aromatic heterocycles. The molecule has 0 saturated carbocycles. The molecule has 0 spiro atoms. The third-order valence-corrected chi connectivity index (χ3v) is 2.94. The number of rotatable bonds is 6. The highest BCUT2D eigenvalue weighted by Crippen LogP contribution is 2.18. The Labute approximate surface area is 107 Å². The molecule has 18 heavy (non-hydrogen) atoms. The minimum absolute atomic E-state index is 0.496. The highest BCUT2D eigenvalue weighted by molar-refractivity contribution is 5.15. The van der Waals surface area contributed by atoms with E-state index in [2.05, 4.69) is 17.1 Å². The van der Waals surface area contributed by atoms with Gasteiger partial charge in [-0.1, -0.05) is 43.7 Å². The van der Waals surface area contributed by atoms with E-state index < -0.39 is 6.10 Å². The molecule has 0 fully saturated rings. The second-order valence-electron chi connectivity index (χ2n) is 4.46. The van der Waals surface area contributed by atoms with Gasteiger partial charge in [-0.05, 0) is 18.4 Å². The van der Waals surface area contributed by atoms with Crippen LogP contribution in [0.4, 0.5) is 0 Å². The van der Waals surface area contributed by atoms with E-state index in [1.165, 1.54) is 5.56 Å². The van der Waals surface area contributed by atoms with Gasteiger partial charge in [0.05, 0.1) is 6.10 Å². The van der Waals surface area contributed by atoms with Crippen LogP contribution in [0.15, 0.2) is 41.0 Å². The van der Waals surface area contributed by atoms with Gasteiger partial charge in [-0.15, -0.1) is 0 Å². The molecular weight excluding hydrogens is 226 g/mol. The van der Waals surface area contributed by atoms with Gasteiger partial charge in [0.25, 0.3) is 0 Å². The second kappa shape index (κ2) is 6.36. The maximum absolute atomic E-state index is 9.80. The molecule has 0 aliphatic heterocycles. The topological polar surface area (TPSA) is 46.3 Å². The summed E-state index contributed by atoms with van der Waals surface area (Å²) in [4.78, 5) is 4.33. The number of hydrogen-bond acceptors (Lipinski definition) is 3. The van der Waals surface area contributed by atoms with Crippen molar-refractivity contribution in [1.29, 1.82) is 0 Å². The highest BCUT2D eigenvalue weighted by atomic mass is 16.3. The van der Waals surface area contributed by atoms with Gasteiger partial charge in [0, 0.05) is 6.42 Å². The quantitative estimate of drug-likeness (QED) is 0.849. The minimum atomic E-state index is -0.496. The van der Waals surface area contributed by atoms with Gasteiger partial charge >= 0.3 is 0 Å². The number of benzene rings is 1. The fraction of sp³-hybridized carbons (Fsp3) is 0.400. The summed E-state index contributed by atoms with van der Waals surface area (Å²) in [6.07, 6.45) is 4.41. The number of nitrogens with zero attached hydrogens (tertiary/aromatic N) is 1. The normalized spacial score (nSPS) is 12.6. The molecule has 1 heterocycles. The molecule has 3 nitrogen and oxygen atoms in total. The van der Waals surface area contributed by atoms with Crippen molar-refractivity contribution in [2.24, 2.45) is 0 Å². The first kappa shape index (κ1) is 12.8. The molecule has 3 heteroatoms. The van der Waals surface area contributed by atoms with Crippen molar-refractivity contribution in [3.63, 3.8) is 0 Å². The summed E-state index contributed by atoms with van der Waals surface area (Å²) in [5.74, 6) is 0.698. The zero-order valence-corrected chi connectivity index (χ0v) is 10.7. The summed E-state index contributed by atoms with van der Waals surface area (Å²) < 4.78 is 5.38. The average molecular weight is 245 g/mol. The second-order valence-corrected chi connectivity index (χ2v) is 4.46. The predicted octanol–water partition coefficient (Wildman–Crippen LogP) is 3.29. The van der Waals surface area contributed by atoms with E-state index in [0.717, 1.165) is 25.7 Å². The highest BCUT2D eigenvalue weighted by Gasteiger charge is 2.12. The van der Waals surface area contributed by atoms with Crippen molar-refractivity contribution >= 4 is 0 Å². The lowest BCUT2D eigenvalue weighted by molar-refractivity contribution is 0.161. The summed E-state index contributed by atoms with van der Waals surface area (Å²) in [6.45, 7) is 2.04. The number of aryl methyl sites for hydroxylation is 2. The van der Waals surface area contributed by atoms with Gasteiger partial charge in [-0.2, -0.15) is 0 Å². The molecule has 0 radical (unpaired) electrons. The molecule has 1 N–H and O–H groups in total. The van der Waals surface area contributed by atoms with E-state index in [-0.39, 0.29) is 0 Å². The van der Waals surface area contributed by atoms with Gasteiger partial charge in [-0.25, -0.2) is 4.98 Å². The number of aliphatic hydroxyl groups excluding tert-OH is 1. The van der Waals surface area contributed by atoms with E-state index in [0.29, 0.717) is 11.6 Å². The summed E-state index contributed by atoms with van der Waals surface area (Å²) in [5.41, 5.74) is 1.92. The molecule has 0 bridgehead atoms. The standard InChI is InChI=1S/C15H19NO2/c1-2-6-14(17)13-11-18-15(16-13)10-9-12-7-4-3-5-8-12/h3-5,7-8,11,14,17H,2,6,9-10H2,1H3. The maximum Gasteiger partial charge on any atom is 0.194 e. The van der Waals surface area contributed by atoms with Crippen LogP contribution in [0.25, 0.3) is 0 Å². The van der Waals surface area contributed by atoms with Crippen LogP contribution < -0.4 is 0 Å². The molecule has 96 valence electrons. The van der Waals surface area contributed by atoms with Crippen LogP contribution in [-0.2, 0) is 12.8 Å². The number of aromatic nitrogens is 1. The minimum Gasteiger partial charge on any atom is -0.449 e. The summed E-state index contributed by atoms with van der Waals surface area (Å²) in [6, 6.07) is 10.3. The molecule has 0 aliphatic carbocycles. The molecule has 2 rings (SSSR count). The van der Waals surface area contributed by atoms with Crippen molar-refractivity contribution in [1.82, 2.24) is 4.98 Å². The molecular formula is C15H19NO2. The third-order valence-electron chi connectivity index (χ3n) is 2.94. The SMILES string of the molecule is CCCC(O)c1coc(CCc2ccccc2)n1. The zero-order valence-electron chi connectivity index (χ0n) is 10.7. The summed E-state index contributed by atoms with van der Waals surface area (Å²) in [7, 11) is 0. The van der Waals surface area contributed by atoms with Crippen LogP contribution in [-0.4, -0.2) is 10.1 Å². The lowest BCUT2D eigenvalue weighted by Crippen LogP contribution is -1.98. The van der Waals surface area contributed by atoms with Crippen LogP contribution in [0.5, 0.6) is 0 Å². The van der Waals surface area contributed by atoms with Gasteiger partial charge in [0.1, 0.15) is 12.0 Å². The molecule has 0 amide bonds. The van der Waals surface area contributed by atoms with E-state index in [1.54, 1.807) is 6.26 Å². The lowest BCUT2D eigenvalue weighted by Gasteiger charge is -2.03. The Bertz CT molecular complexity index is 464. The van der Waals surface area contributed by atoms with Gasteiger partial charge in [0.2, 0.25) is 0 Å². The van der Waals surface area contributed by atoms with Crippen LogP contribution in [0, 0.1) is 0 Å². The predicted molar refractivity (Wildman–Crippen MR) is 70.2 cm³/mol. The molecule has 1 unspecified atom stereocenters. The lowest BCUT2D eigenvalue weighted by atomic mass is 10.1. The fourth-order valence-corrected chi connectivity index (χ4v) is 1.91. The smallest absolute Gasteiger partial charge is 0.194 e. The zero-order chi connectivity index (χ0) is 12.8. The third kappa shape index (κ3) is 3.44. The van der Waals surface area contributed by atoms with E-state index >= 15 is 0 Å². The summed E-state index contributed by atoms with van der Waals surface area (Å²) >= 11 is 0. The van der Waals surface area contributed by atoms with Gasteiger partial charge in [0.15, 0.2) is 5.89 Å². The van der Waals surface area contributed by atoms with Crippen molar-refractivity contribution in [3.8, 4) is 0 Å². The Morgan fingerprint density at radius 2 is 2.00 bits per heavy atom. The molecule has 1 aromatic carbocycles. The Kier molecular flexibility index (Phi) is 4.53. The number of aliphatic hydroxyl groups is 1. The molecule has 0 aliphatic rings. The Hall–Kier alpha value is -1.61. The van der Waals surface area contributed by atoms with Crippen molar-refractivity contribution in [2.75, 3.05) is 0 Å². The fourth-order valence-electron chi connectivity index (χ4n) is 1.91. The average Bonchev–Trinajstić information content (AvgIpc) is 2.87. The van der Waals surface area contributed by atoms with Crippen LogP contribution in [0.3, 0.4) is 0 Å². The Morgan fingerprint density at radius 3 is 2.72 bits per heavy atom. The number of oxazole rings is 1.